The summed E-state index contributed by atoms with van der Waals surface area (Å²) in [5, 5.41) is 3.20. The number of hydrogen-bond acceptors (Lipinski definition) is 3. The Morgan fingerprint density at radius 2 is 1.71 bits per heavy atom. The van der Waals surface area contributed by atoms with Crippen LogP contribution in [0.5, 0.6) is 5.75 Å². The number of halogens is 1. The number of carbonyl (C=O) groups is 2. The summed E-state index contributed by atoms with van der Waals surface area (Å²) in [6.07, 6.45) is -0.739. The molecule has 4 nitrogen and oxygen atoms in total. The second kappa shape index (κ2) is 8.72. The van der Waals surface area contributed by atoms with Gasteiger partial charge in [-0.3, -0.25) is 9.59 Å². The summed E-state index contributed by atoms with van der Waals surface area (Å²) >= 11 is 6.08. The summed E-state index contributed by atoms with van der Waals surface area (Å²) in [5.74, 6) is 0.0379. The minimum atomic E-state index is -0.739. The van der Waals surface area contributed by atoms with E-state index in [0.29, 0.717) is 27.6 Å². The Morgan fingerprint density at radius 3 is 2.43 bits per heavy atom. The van der Waals surface area contributed by atoms with Gasteiger partial charge in [0.05, 0.1) is 5.69 Å². The zero-order valence-corrected chi connectivity index (χ0v) is 16.4. The maximum atomic E-state index is 12.9. The Labute approximate surface area is 169 Å². The van der Waals surface area contributed by atoms with Gasteiger partial charge in [0.1, 0.15) is 5.75 Å². The van der Waals surface area contributed by atoms with Gasteiger partial charge in [-0.25, -0.2) is 0 Å². The van der Waals surface area contributed by atoms with Crippen LogP contribution >= 0.6 is 11.6 Å². The number of rotatable bonds is 6. The average molecular weight is 394 g/mol. The maximum absolute atomic E-state index is 12.9. The highest BCUT2D eigenvalue weighted by Gasteiger charge is 2.20. The quantitative estimate of drug-likeness (QED) is 0.579. The lowest BCUT2D eigenvalue weighted by atomic mass is 10.0. The van der Waals surface area contributed by atoms with E-state index in [1.165, 1.54) is 0 Å². The fourth-order valence-corrected chi connectivity index (χ4v) is 2.91. The number of nitrogens with one attached hydrogen (secondary N) is 1. The van der Waals surface area contributed by atoms with E-state index >= 15 is 0 Å². The third kappa shape index (κ3) is 4.78. The molecule has 1 atom stereocenters. The maximum Gasteiger partial charge on any atom is 0.265 e. The molecule has 0 radical (unpaired) electrons. The largest absolute Gasteiger partial charge is 0.481 e. The number of carbonyl (C=O) groups excluding carboxylic acids is 2. The van der Waals surface area contributed by atoms with E-state index in [0.717, 1.165) is 5.56 Å². The highest BCUT2D eigenvalue weighted by Crippen LogP contribution is 2.24. The molecule has 3 aromatic carbocycles. The molecule has 0 bridgehead atoms. The minimum absolute atomic E-state index is 0.217. The average Bonchev–Trinajstić information content (AvgIpc) is 2.69. The smallest absolute Gasteiger partial charge is 0.265 e. The van der Waals surface area contributed by atoms with Crippen LogP contribution in [0.2, 0.25) is 5.02 Å². The first-order valence-electron chi connectivity index (χ1n) is 8.87. The predicted molar refractivity (Wildman–Crippen MR) is 111 cm³/mol. The Kier molecular flexibility index (Phi) is 6.12. The number of ketones is 1. The molecule has 0 saturated carbocycles. The van der Waals surface area contributed by atoms with Crippen molar-refractivity contribution in [2.24, 2.45) is 0 Å². The van der Waals surface area contributed by atoms with Crippen molar-refractivity contribution in [3.63, 3.8) is 0 Å². The molecule has 0 aliphatic rings. The molecule has 28 heavy (non-hydrogen) atoms. The zero-order chi connectivity index (χ0) is 20.1. The first kappa shape index (κ1) is 19.6. The van der Waals surface area contributed by atoms with E-state index in [9.17, 15) is 9.59 Å². The van der Waals surface area contributed by atoms with Crippen molar-refractivity contribution in [1.82, 2.24) is 0 Å². The van der Waals surface area contributed by atoms with Gasteiger partial charge in [0.25, 0.3) is 5.91 Å². The number of ether oxygens (including phenoxy) is 1. The molecular formula is C23H20ClNO3. The van der Waals surface area contributed by atoms with E-state index in [-0.39, 0.29) is 11.7 Å². The Morgan fingerprint density at radius 1 is 0.964 bits per heavy atom. The summed E-state index contributed by atoms with van der Waals surface area (Å²) in [6, 6.07) is 21.1. The number of hydrogen-bond donors (Lipinski definition) is 1. The van der Waals surface area contributed by atoms with Gasteiger partial charge in [-0.05, 0) is 49.7 Å². The Balaban J connectivity index is 1.80. The summed E-state index contributed by atoms with van der Waals surface area (Å²) in [7, 11) is 0. The van der Waals surface area contributed by atoms with Gasteiger partial charge >= 0.3 is 0 Å². The van der Waals surface area contributed by atoms with Crippen molar-refractivity contribution in [3.8, 4) is 5.75 Å². The molecule has 0 unspecified atom stereocenters. The zero-order valence-electron chi connectivity index (χ0n) is 15.6. The predicted octanol–water partition coefficient (Wildman–Crippen LogP) is 5.29. The highest BCUT2D eigenvalue weighted by atomic mass is 35.5. The van der Waals surface area contributed by atoms with Crippen LogP contribution in [-0.2, 0) is 4.79 Å². The normalized spacial score (nSPS) is 11.5. The lowest BCUT2D eigenvalue weighted by Gasteiger charge is -2.17. The molecule has 0 fully saturated rings. The molecule has 1 amide bonds. The van der Waals surface area contributed by atoms with E-state index in [2.05, 4.69) is 5.32 Å². The molecule has 0 spiro atoms. The molecule has 0 heterocycles. The van der Waals surface area contributed by atoms with Gasteiger partial charge in [-0.15, -0.1) is 0 Å². The van der Waals surface area contributed by atoms with Gasteiger partial charge in [0, 0.05) is 16.1 Å². The van der Waals surface area contributed by atoms with Crippen molar-refractivity contribution in [2.75, 3.05) is 5.32 Å². The van der Waals surface area contributed by atoms with Crippen molar-refractivity contribution < 1.29 is 14.3 Å². The summed E-state index contributed by atoms with van der Waals surface area (Å²) in [4.78, 5) is 25.5. The van der Waals surface area contributed by atoms with Crippen molar-refractivity contribution in [2.45, 2.75) is 20.0 Å². The van der Waals surface area contributed by atoms with Gasteiger partial charge in [0.2, 0.25) is 0 Å². The van der Waals surface area contributed by atoms with Crippen LogP contribution in [0.4, 0.5) is 5.69 Å². The van der Waals surface area contributed by atoms with Crippen molar-refractivity contribution in [1.29, 1.82) is 0 Å². The van der Waals surface area contributed by atoms with Gasteiger partial charge < -0.3 is 10.1 Å². The molecule has 0 aliphatic heterocycles. The van der Waals surface area contributed by atoms with E-state index in [1.54, 1.807) is 55.5 Å². The summed E-state index contributed by atoms with van der Waals surface area (Å²) < 4.78 is 5.71. The fraction of sp³-hybridized carbons (Fsp3) is 0.130. The van der Waals surface area contributed by atoms with Gasteiger partial charge in [0.15, 0.2) is 11.9 Å². The Bertz CT molecular complexity index is 1000. The molecule has 142 valence electrons. The first-order chi connectivity index (χ1) is 13.4. The van der Waals surface area contributed by atoms with Crippen LogP contribution in [0.25, 0.3) is 0 Å². The molecule has 0 aromatic heterocycles. The lowest BCUT2D eigenvalue weighted by Crippen LogP contribution is -2.30. The van der Waals surface area contributed by atoms with Crippen molar-refractivity contribution in [3.05, 3.63) is 94.5 Å². The molecular weight excluding hydrogens is 374 g/mol. The standard InChI is InChI=1S/C23H20ClNO3/c1-15-7-6-10-19(13-15)28-16(2)23(27)25-21-12-11-18(24)14-20(21)22(26)17-8-4-3-5-9-17/h3-14,16H,1-2H3,(H,25,27)/t16-/m1/s1. The topological polar surface area (TPSA) is 55.4 Å². The minimum Gasteiger partial charge on any atom is -0.481 e. The SMILES string of the molecule is Cc1cccc(O[C@H](C)C(=O)Nc2ccc(Cl)cc2C(=O)c2ccccc2)c1. The molecule has 3 rings (SSSR count). The number of anilines is 1. The van der Waals surface area contributed by atoms with Crippen LogP contribution in [-0.4, -0.2) is 17.8 Å². The van der Waals surface area contributed by atoms with E-state index in [4.69, 9.17) is 16.3 Å². The van der Waals surface area contributed by atoms with E-state index in [1.807, 2.05) is 31.2 Å². The summed E-state index contributed by atoms with van der Waals surface area (Å²) in [6.45, 7) is 3.61. The molecule has 5 heteroatoms. The molecule has 3 aromatic rings. The van der Waals surface area contributed by atoms with Crippen LogP contribution in [0, 0.1) is 6.92 Å². The molecule has 0 aliphatic carbocycles. The van der Waals surface area contributed by atoms with E-state index < -0.39 is 6.10 Å². The van der Waals surface area contributed by atoms with Crippen LogP contribution in [0.1, 0.15) is 28.4 Å². The second-order valence-electron chi connectivity index (χ2n) is 6.45. The number of benzene rings is 3. The summed E-state index contributed by atoms with van der Waals surface area (Å²) in [5.41, 5.74) is 2.28. The van der Waals surface area contributed by atoms with Crippen LogP contribution in [0.3, 0.4) is 0 Å². The fourth-order valence-electron chi connectivity index (χ4n) is 2.74. The van der Waals surface area contributed by atoms with Crippen LogP contribution < -0.4 is 10.1 Å². The second-order valence-corrected chi connectivity index (χ2v) is 6.89. The third-order valence-electron chi connectivity index (χ3n) is 4.19. The lowest BCUT2D eigenvalue weighted by molar-refractivity contribution is -0.122. The van der Waals surface area contributed by atoms with Crippen LogP contribution in [0.15, 0.2) is 72.8 Å². The Hall–Kier alpha value is -3.11. The van der Waals surface area contributed by atoms with Crippen molar-refractivity contribution >= 4 is 29.0 Å². The highest BCUT2D eigenvalue weighted by molar-refractivity contribution is 6.31. The van der Waals surface area contributed by atoms with Gasteiger partial charge in [-0.2, -0.15) is 0 Å². The monoisotopic (exact) mass is 393 g/mol. The third-order valence-corrected chi connectivity index (χ3v) is 4.43. The number of aryl methyl sites for hydroxylation is 1. The van der Waals surface area contributed by atoms with Gasteiger partial charge in [-0.1, -0.05) is 54.1 Å². The number of amides is 1. The molecule has 1 N–H and O–H groups in total. The molecule has 0 saturated heterocycles. The first-order valence-corrected chi connectivity index (χ1v) is 9.25.